The molecule has 1 aromatic carbocycles. The number of hydrogen-bond donors (Lipinski definition) is 4. The third kappa shape index (κ3) is 7.72. The Kier molecular flexibility index (Phi) is 9.74. The highest BCUT2D eigenvalue weighted by atomic mass is 16.6. The fourth-order valence-corrected chi connectivity index (χ4v) is 4.96. The number of benzene rings is 1. The number of nitrogens with one attached hydrogen (secondary N) is 3. The number of carbonyl (C=O) groups excluding carboxylic acids is 3. The molecule has 0 bridgehead atoms. The first-order valence-corrected chi connectivity index (χ1v) is 12.6. The predicted octanol–water partition coefficient (Wildman–Crippen LogP) is 2.86. The third-order valence-corrected chi connectivity index (χ3v) is 6.83. The van der Waals surface area contributed by atoms with E-state index in [-0.39, 0.29) is 36.4 Å². The maximum Gasteiger partial charge on any atom is 0.408 e. The molecule has 188 valence electrons. The second-order valence-corrected chi connectivity index (χ2v) is 10.0. The second-order valence-electron chi connectivity index (χ2n) is 10.0. The van der Waals surface area contributed by atoms with E-state index in [9.17, 15) is 19.5 Å². The maximum atomic E-state index is 12.9. The van der Waals surface area contributed by atoms with E-state index < -0.39 is 18.2 Å². The van der Waals surface area contributed by atoms with E-state index in [2.05, 4.69) is 40.2 Å². The van der Waals surface area contributed by atoms with Crippen LogP contribution in [-0.4, -0.2) is 54.4 Å². The van der Waals surface area contributed by atoms with Crippen LogP contribution in [0.15, 0.2) is 30.3 Å². The highest BCUT2D eigenvalue weighted by Crippen LogP contribution is 2.33. The van der Waals surface area contributed by atoms with Crippen molar-refractivity contribution in [2.45, 2.75) is 82.9 Å². The van der Waals surface area contributed by atoms with E-state index in [1.807, 2.05) is 19.9 Å². The number of rotatable bonds is 10. The van der Waals surface area contributed by atoms with Crippen LogP contribution in [-0.2, 0) is 14.3 Å². The van der Waals surface area contributed by atoms with E-state index in [4.69, 9.17) is 4.74 Å². The second kappa shape index (κ2) is 12.7. The van der Waals surface area contributed by atoms with Crippen LogP contribution in [0.2, 0.25) is 0 Å². The summed E-state index contributed by atoms with van der Waals surface area (Å²) in [6.07, 6.45) is 4.29. The van der Waals surface area contributed by atoms with Gasteiger partial charge in [-0.25, -0.2) is 4.79 Å². The van der Waals surface area contributed by atoms with Gasteiger partial charge in [0, 0.05) is 12.5 Å². The number of carbonyl (C=O) groups is 3. The quantitative estimate of drug-likeness (QED) is 0.417. The number of alkyl carbamates (subject to hydrolysis) is 1. The molecule has 2 aliphatic rings. The van der Waals surface area contributed by atoms with E-state index in [0.717, 1.165) is 25.7 Å². The number of ether oxygens (including phenoxy) is 1. The van der Waals surface area contributed by atoms with Gasteiger partial charge in [0.15, 0.2) is 0 Å². The van der Waals surface area contributed by atoms with Crippen LogP contribution in [0.25, 0.3) is 0 Å². The molecule has 0 spiro atoms. The van der Waals surface area contributed by atoms with Crippen LogP contribution >= 0.6 is 0 Å². The monoisotopic (exact) mass is 473 g/mol. The van der Waals surface area contributed by atoms with Crippen molar-refractivity contribution in [1.82, 2.24) is 16.0 Å². The predicted molar refractivity (Wildman–Crippen MR) is 129 cm³/mol. The molecular weight excluding hydrogens is 434 g/mol. The van der Waals surface area contributed by atoms with Crippen molar-refractivity contribution < 1.29 is 24.2 Å². The lowest BCUT2D eigenvalue weighted by Gasteiger charge is -2.29. The fourth-order valence-electron chi connectivity index (χ4n) is 4.96. The minimum absolute atomic E-state index is 0.0462. The summed E-state index contributed by atoms with van der Waals surface area (Å²) >= 11 is 0. The Hall–Kier alpha value is -2.61. The van der Waals surface area contributed by atoms with Gasteiger partial charge in [0.25, 0.3) is 0 Å². The zero-order chi connectivity index (χ0) is 24.5. The topological polar surface area (TPSA) is 117 Å². The van der Waals surface area contributed by atoms with Crippen LogP contribution in [0.4, 0.5) is 4.79 Å². The average Bonchev–Trinajstić information content (AvgIpc) is 3.23. The SMILES string of the molecule is CC(C)C[C@H](NC(=O)OC1CCC(c2ccccc2)CC1)C(=O)N[C@H](CO)C[C@@H]1CCNC1=O. The zero-order valence-electron chi connectivity index (χ0n) is 20.3. The van der Waals surface area contributed by atoms with Crippen molar-refractivity contribution in [1.29, 1.82) is 0 Å². The molecule has 0 aromatic heterocycles. The number of hydrogen-bond acceptors (Lipinski definition) is 5. The first-order chi connectivity index (χ1) is 16.4. The molecule has 3 amide bonds. The summed E-state index contributed by atoms with van der Waals surface area (Å²) in [5.41, 5.74) is 1.33. The Balaban J connectivity index is 1.49. The van der Waals surface area contributed by atoms with Gasteiger partial charge >= 0.3 is 6.09 Å². The average molecular weight is 474 g/mol. The van der Waals surface area contributed by atoms with Gasteiger partial charge in [-0.15, -0.1) is 0 Å². The summed E-state index contributed by atoms with van der Waals surface area (Å²) in [5.74, 6) is 0.0300. The van der Waals surface area contributed by atoms with Crippen molar-refractivity contribution in [2.75, 3.05) is 13.2 Å². The molecule has 1 saturated heterocycles. The fraction of sp³-hybridized carbons (Fsp3) is 0.654. The lowest BCUT2D eigenvalue weighted by molar-refractivity contribution is -0.126. The normalized spacial score (nSPS) is 24.2. The van der Waals surface area contributed by atoms with Crippen molar-refractivity contribution in [3.8, 4) is 0 Å². The lowest BCUT2D eigenvalue weighted by Crippen LogP contribution is -2.52. The highest BCUT2D eigenvalue weighted by Gasteiger charge is 2.31. The molecule has 1 aromatic rings. The van der Waals surface area contributed by atoms with E-state index >= 15 is 0 Å². The van der Waals surface area contributed by atoms with E-state index in [1.165, 1.54) is 5.56 Å². The molecule has 2 fully saturated rings. The molecule has 8 nitrogen and oxygen atoms in total. The molecule has 3 rings (SSSR count). The van der Waals surface area contributed by atoms with Crippen LogP contribution < -0.4 is 16.0 Å². The van der Waals surface area contributed by atoms with Gasteiger partial charge in [-0.2, -0.15) is 0 Å². The van der Waals surface area contributed by atoms with Gasteiger partial charge in [-0.05, 0) is 62.3 Å². The number of aliphatic hydroxyl groups excluding tert-OH is 1. The Morgan fingerprint density at radius 2 is 1.79 bits per heavy atom. The molecule has 0 unspecified atom stereocenters. The van der Waals surface area contributed by atoms with Crippen LogP contribution in [0, 0.1) is 11.8 Å². The van der Waals surface area contributed by atoms with Crippen molar-refractivity contribution in [2.24, 2.45) is 11.8 Å². The van der Waals surface area contributed by atoms with Gasteiger partial charge in [0.1, 0.15) is 12.1 Å². The van der Waals surface area contributed by atoms with Crippen LogP contribution in [0.5, 0.6) is 0 Å². The third-order valence-electron chi connectivity index (χ3n) is 6.83. The van der Waals surface area contributed by atoms with Gasteiger partial charge in [0.2, 0.25) is 11.8 Å². The molecule has 1 saturated carbocycles. The Bertz CT molecular complexity index is 808. The minimum Gasteiger partial charge on any atom is -0.446 e. The maximum absolute atomic E-state index is 12.9. The molecular formula is C26H39N3O5. The highest BCUT2D eigenvalue weighted by molar-refractivity contribution is 5.86. The molecule has 1 aliphatic carbocycles. The van der Waals surface area contributed by atoms with Crippen molar-refractivity contribution in [3.63, 3.8) is 0 Å². The zero-order valence-corrected chi connectivity index (χ0v) is 20.3. The Labute approximate surface area is 202 Å². The first-order valence-electron chi connectivity index (χ1n) is 12.6. The molecule has 3 atom stereocenters. The van der Waals surface area contributed by atoms with Crippen molar-refractivity contribution in [3.05, 3.63) is 35.9 Å². The Morgan fingerprint density at radius 1 is 1.09 bits per heavy atom. The van der Waals surface area contributed by atoms with Gasteiger partial charge in [0.05, 0.1) is 12.6 Å². The van der Waals surface area contributed by atoms with E-state index in [1.54, 1.807) is 0 Å². The molecule has 1 heterocycles. The van der Waals surface area contributed by atoms with Crippen LogP contribution in [0.3, 0.4) is 0 Å². The van der Waals surface area contributed by atoms with Crippen molar-refractivity contribution >= 4 is 17.9 Å². The molecule has 0 radical (unpaired) electrons. The number of aliphatic hydroxyl groups is 1. The molecule has 34 heavy (non-hydrogen) atoms. The van der Waals surface area contributed by atoms with Gasteiger partial charge < -0.3 is 25.8 Å². The summed E-state index contributed by atoms with van der Waals surface area (Å²) in [6, 6.07) is 9.10. The minimum atomic E-state index is -0.764. The standard InChI is InChI=1S/C26H39N3O5/c1-17(2)14-23(25(32)28-21(16-30)15-20-12-13-27-24(20)31)29-26(33)34-22-10-8-19(9-11-22)18-6-4-3-5-7-18/h3-7,17,19-23,30H,8-16H2,1-2H3,(H,27,31)(H,28,32)(H,29,33)/t19?,20-,21-,22?,23-/m0/s1. The summed E-state index contributed by atoms with van der Waals surface area (Å²) in [7, 11) is 0. The summed E-state index contributed by atoms with van der Waals surface area (Å²) in [6.45, 7) is 4.31. The first kappa shape index (κ1) is 26.0. The lowest BCUT2D eigenvalue weighted by atomic mass is 9.83. The summed E-state index contributed by atoms with van der Waals surface area (Å²) in [4.78, 5) is 37.4. The molecule has 1 aliphatic heterocycles. The largest absolute Gasteiger partial charge is 0.446 e. The molecule has 8 heteroatoms. The summed E-state index contributed by atoms with van der Waals surface area (Å²) in [5, 5.41) is 18.0. The van der Waals surface area contributed by atoms with Gasteiger partial charge in [-0.1, -0.05) is 44.2 Å². The molecule has 4 N–H and O–H groups in total. The number of amides is 3. The Morgan fingerprint density at radius 3 is 2.38 bits per heavy atom. The van der Waals surface area contributed by atoms with Gasteiger partial charge in [-0.3, -0.25) is 9.59 Å². The summed E-state index contributed by atoms with van der Waals surface area (Å²) < 4.78 is 5.66. The smallest absolute Gasteiger partial charge is 0.408 e. The van der Waals surface area contributed by atoms with Crippen LogP contribution in [0.1, 0.15) is 70.3 Å². The van der Waals surface area contributed by atoms with E-state index in [0.29, 0.717) is 31.7 Å².